The molecule has 4 heteroatoms. The number of halogens is 1. The molecule has 104 valence electrons. The van der Waals surface area contributed by atoms with Crippen LogP contribution in [0.1, 0.15) is 5.56 Å². The van der Waals surface area contributed by atoms with Crippen molar-refractivity contribution < 1.29 is 14.3 Å². The summed E-state index contributed by atoms with van der Waals surface area (Å²) in [7, 11) is 2.96. The van der Waals surface area contributed by atoms with Gasteiger partial charge in [0, 0.05) is 10.6 Å². The lowest BCUT2D eigenvalue weighted by atomic mass is 9.97. The highest BCUT2D eigenvalue weighted by Gasteiger charge is 2.14. The molecule has 0 aliphatic rings. The minimum Gasteiger partial charge on any atom is -0.496 e. The van der Waals surface area contributed by atoms with Gasteiger partial charge in [0.1, 0.15) is 5.75 Å². The monoisotopic (exact) mass is 290 g/mol. The van der Waals surface area contributed by atoms with Crippen LogP contribution in [0.2, 0.25) is 5.02 Å². The summed E-state index contributed by atoms with van der Waals surface area (Å²) in [5, 5.41) is 0.672. The van der Waals surface area contributed by atoms with Crippen LogP contribution in [0.5, 0.6) is 5.75 Å². The Kier molecular flexibility index (Phi) is 4.64. The number of carbonyl (C=O) groups is 1. The van der Waals surface area contributed by atoms with Crippen LogP contribution < -0.4 is 4.74 Å². The molecule has 0 spiro atoms. The van der Waals surface area contributed by atoms with Gasteiger partial charge in [-0.15, -0.1) is 0 Å². The molecule has 0 radical (unpaired) electrons. The fourth-order valence-electron chi connectivity index (χ4n) is 2.06. The number of benzene rings is 2. The van der Waals surface area contributed by atoms with Crippen molar-refractivity contribution in [3.63, 3.8) is 0 Å². The molecule has 0 atom stereocenters. The molecule has 2 rings (SSSR count). The maximum atomic E-state index is 11.6. The molecule has 2 aromatic rings. The van der Waals surface area contributed by atoms with Gasteiger partial charge < -0.3 is 9.47 Å². The molecule has 0 bridgehead atoms. The van der Waals surface area contributed by atoms with Gasteiger partial charge in [-0.1, -0.05) is 35.9 Å². The summed E-state index contributed by atoms with van der Waals surface area (Å²) in [5.74, 6) is 0.368. The molecular weight excluding hydrogens is 276 g/mol. The van der Waals surface area contributed by atoms with Crippen LogP contribution in [-0.2, 0) is 16.0 Å². The Balaban J connectivity index is 2.51. The van der Waals surface area contributed by atoms with Crippen LogP contribution in [0.25, 0.3) is 11.1 Å². The zero-order valence-electron chi connectivity index (χ0n) is 11.4. The van der Waals surface area contributed by atoms with Gasteiger partial charge in [-0.3, -0.25) is 4.79 Å². The second kappa shape index (κ2) is 6.44. The summed E-state index contributed by atoms with van der Waals surface area (Å²) in [4.78, 5) is 11.6. The number of hydrogen-bond donors (Lipinski definition) is 0. The van der Waals surface area contributed by atoms with E-state index in [0.717, 1.165) is 16.7 Å². The summed E-state index contributed by atoms with van der Waals surface area (Å²) >= 11 is 5.91. The lowest BCUT2D eigenvalue weighted by Crippen LogP contribution is -2.07. The quantitative estimate of drug-likeness (QED) is 0.805. The third-order valence-corrected chi connectivity index (χ3v) is 3.31. The summed E-state index contributed by atoms with van der Waals surface area (Å²) in [6.45, 7) is 0. The van der Waals surface area contributed by atoms with Crippen LogP contribution in [0.15, 0.2) is 42.5 Å². The Morgan fingerprint density at radius 1 is 1.10 bits per heavy atom. The van der Waals surface area contributed by atoms with Crippen molar-refractivity contribution in [2.45, 2.75) is 6.42 Å². The molecule has 0 aliphatic heterocycles. The standard InChI is InChI=1S/C16H15ClO3/c1-19-15-5-3-4-13(14(15)10-16(18)20-2)11-6-8-12(17)9-7-11/h3-9H,10H2,1-2H3. The first-order chi connectivity index (χ1) is 9.65. The zero-order chi connectivity index (χ0) is 14.5. The Morgan fingerprint density at radius 3 is 2.40 bits per heavy atom. The number of methoxy groups -OCH3 is 2. The van der Waals surface area contributed by atoms with Crippen LogP contribution >= 0.6 is 11.6 Å². The molecule has 0 saturated carbocycles. The predicted molar refractivity (Wildman–Crippen MR) is 79.2 cm³/mol. The minimum absolute atomic E-state index is 0.165. The molecule has 0 heterocycles. The molecule has 0 unspecified atom stereocenters. The Hall–Kier alpha value is -2.00. The van der Waals surface area contributed by atoms with Crippen molar-refractivity contribution in [3.05, 3.63) is 53.1 Å². The van der Waals surface area contributed by atoms with Crippen molar-refractivity contribution in [2.24, 2.45) is 0 Å². The van der Waals surface area contributed by atoms with Gasteiger partial charge in [0.25, 0.3) is 0 Å². The van der Waals surface area contributed by atoms with Gasteiger partial charge in [-0.2, -0.15) is 0 Å². The van der Waals surface area contributed by atoms with E-state index in [2.05, 4.69) is 0 Å². The van der Waals surface area contributed by atoms with Crippen molar-refractivity contribution in [2.75, 3.05) is 14.2 Å². The molecule has 2 aromatic carbocycles. The SMILES string of the molecule is COC(=O)Cc1c(OC)cccc1-c1ccc(Cl)cc1. The van der Waals surface area contributed by atoms with Crippen LogP contribution in [0, 0.1) is 0 Å². The number of ether oxygens (including phenoxy) is 2. The second-order valence-corrected chi connectivity index (χ2v) is 4.68. The normalized spacial score (nSPS) is 10.2. The highest BCUT2D eigenvalue weighted by atomic mass is 35.5. The van der Waals surface area contributed by atoms with Gasteiger partial charge in [-0.25, -0.2) is 0 Å². The van der Waals surface area contributed by atoms with E-state index in [1.807, 2.05) is 42.5 Å². The highest BCUT2D eigenvalue weighted by Crippen LogP contribution is 2.32. The smallest absolute Gasteiger partial charge is 0.310 e. The molecule has 0 aliphatic carbocycles. The maximum absolute atomic E-state index is 11.6. The molecule has 0 amide bonds. The van der Waals surface area contributed by atoms with Gasteiger partial charge in [-0.05, 0) is 29.3 Å². The lowest BCUT2D eigenvalue weighted by Gasteiger charge is -2.13. The average molecular weight is 291 g/mol. The fourth-order valence-corrected chi connectivity index (χ4v) is 2.18. The van der Waals surface area contributed by atoms with E-state index in [0.29, 0.717) is 10.8 Å². The first-order valence-electron chi connectivity index (χ1n) is 6.14. The average Bonchev–Trinajstić information content (AvgIpc) is 2.48. The van der Waals surface area contributed by atoms with E-state index >= 15 is 0 Å². The Labute approximate surface area is 123 Å². The zero-order valence-corrected chi connectivity index (χ0v) is 12.1. The Morgan fingerprint density at radius 2 is 1.80 bits per heavy atom. The summed E-state index contributed by atoms with van der Waals surface area (Å²) in [6.07, 6.45) is 0.165. The first kappa shape index (κ1) is 14.4. The van der Waals surface area contributed by atoms with E-state index in [1.165, 1.54) is 7.11 Å². The van der Waals surface area contributed by atoms with Gasteiger partial charge in [0.2, 0.25) is 0 Å². The van der Waals surface area contributed by atoms with Crippen LogP contribution in [-0.4, -0.2) is 20.2 Å². The van der Waals surface area contributed by atoms with E-state index < -0.39 is 0 Å². The van der Waals surface area contributed by atoms with Crippen molar-refractivity contribution in [3.8, 4) is 16.9 Å². The van der Waals surface area contributed by atoms with Gasteiger partial charge in [0.05, 0.1) is 20.6 Å². The van der Waals surface area contributed by atoms with E-state index in [4.69, 9.17) is 21.1 Å². The minimum atomic E-state index is -0.301. The van der Waals surface area contributed by atoms with Crippen molar-refractivity contribution in [1.82, 2.24) is 0 Å². The lowest BCUT2D eigenvalue weighted by molar-refractivity contribution is -0.139. The number of hydrogen-bond acceptors (Lipinski definition) is 3. The van der Waals surface area contributed by atoms with Gasteiger partial charge in [0.15, 0.2) is 0 Å². The summed E-state index contributed by atoms with van der Waals surface area (Å²) < 4.78 is 10.1. The predicted octanol–water partition coefficient (Wildman–Crippen LogP) is 3.73. The van der Waals surface area contributed by atoms with Gasteiger partial charge >= 0.3 is 5.97 Å². The largest absolute Gasteiger partial charge is 0.496 e. The molecule has 3 nitrogen and oxygen atoms in total. The molecular formula is C16H15ClO3. The molecule has 0 aromatic heterocycles. The highest BCUT2D eigenvalue weighted by molar-refractivity contribution is 6.30. The second-order valence-electron chi connectivity index (χ2n) is 4.25. The fraction of sp³-hybridized carbons (Fsp3) is 0.188. The summed E-state index contributed by atoms with van der Waals surface area (Å²) in [6, 6.07) is 13.1. The molecule has 20 heavy (non-hydrogen) atoms. The number of rotatable bonds is 4. The molecule has 0 fully saturated rings. The van der Waals surface area contributed by atoms with E-state index in [-0.39, 0.29) is 12.4 Å². The summed E-state index contributed by atoms with van der Waals surface area (Å²) in [5.41, 5.74) is 2.72. The number of carbonyl (C=O) groups excluding carboxylic acids is 1. The first-order valence-corrected chi connectivity index (χ1v) is 6.52. The van der Waals surface area contributed by atoms with Crippen molar-refractivity contribution >= 4 is 17.6 Å². The van der Waals surface area contributed by atoms with Crippen LogP contribution in [0.4, 0.5) is 0 Å². The maximum Gasteiger partial charge on any atom is 0.310 e. The number of esters is 1. The molecule has 0 N–H and O–H groups in total. The van der Waals surface area contributed by atoms with Crippen molar-refractivity contribution in [1.29, 1.82) is 0 Å². The topological polar surface area (TPSA) is 35.5 Å². The third-order valence-electron chi connectivity index (χ3n) is 3.06. The third kappa shape index (κ3) is 3.11. The van der Waals surface area contributed by atoms with E-state index in [9.17, 15) is 4.79 Å². The van der Waals surface area contributed by atoms with Crippen LogP contribution in [0.3, 0.4) is 0 Å². The Bertz CT molecular complexity index is 606. The van der Waals surface area contributed by atoms with E-state index in [1.54, 1.807) is 7.11 Å². The molecule has 0 saturated heterocycles.